The number of carbonyl (C=O) groups is 2. The molecule has 154 valence electrons. The van der Waals surface area contributed by atoms with Gasteiger partial charge < -0.3 is 24.4 Å². The first kappa shape index (κ1) is 20.5. The Kier molecular flexibility index (Phi) is 6.59. The number of para-hydroxylation sites is 1. The van der Waals surface area contributed by atoms with Crippen molar-refractivity contribution >= 4 is 17.6 Å². The molecule has 1 aliphatic rings. The molecular weight excluding hydrogens is 372 g/mol. The van der Waals surface area contributed by atoms with Gasteiger partial charge in [0.05, 0.1) is 26.8 Å². The van der Waals surface area contributed by atoms with Crippen molar-refractivity contribution in [2.24, 2.45) is 0 Å². The van der Waals surface area contributed by atoms with Gasteiger partial charge in [0, 0.05) is 17.8 Å². The number of hydrogen-bond donors (Lipinski definition) is 1. The lowest BCUT2D eigenvalue weighted by atomic mass is 10.0. The number of amides is 1. The maximum Gasteiger partial charge on any atom is 0.323 e. The van der Waals surface area contributed by atoms with Crippen LogP contribution in [0.1, 0.15) is 24.4 Å². The summed E-state index contributed by atoms with van der Waals surface area (Å²) in [5.41, 5.74) is 1.61. The van der Waals surface area contributed by atoms with E-state index >= 15 is 0 Å². The van der Waals surface area contributed by atoms with E-state index in [-0.39, 0.29) is 25.0 Å². The fraction of sp³-hybridized carbons (Fsp3) is 0.364. The van der Waals surface area contributed by atoms with Crippen molar-refractivity contribution in [2.75, 3.05) is 38.8 Å². The largest absolute Gasteiger partial charge is 0.497 e. The molecule has 0 bridgehead atoms. The number of aliphatic carboxylic acids is 1. The Bertz CT molecular complexity index is 856. The summed E-state index contributed by atoms with van der Waals surface area (Å²) in [6.45, 7) is 0.384. The summed E-state index contributed by atoms with van der Waals surface area (Å²) in [6, 6.07) is 14.6. The van der Waals surface area contributed by atoms with Crippen LogP contribution in [0.3, 0.4) is 0 Å². The summed E-state index contributed by atoms with van der Waals surface area (Å²) in [7, 11) is 3.21. The van der Waals surface area contributed by atoms with E-state index in [0.717, 1.165) is 18.4 Å². The molecule has 2 aromatic rings. The Hall–Kier alpha value is -3.22. The van der Waals surface area contributed by atoms with Crippen LogP contribution in [0.2, 0.25) is 0 Å². The molecule has 3 rings (SSSR count). The quantitative estimate of drug-likeness (QED) is 0.737. The lowest BCUT2D eigenvalue weighted by molar-refractivity contribution is -0.135. The lowest BCUT2D eigenvalue weighted by Crippen LogP contribution is -2.42. The minimum absolute atomic E-state index is 0.000896. The molecule has 0 saturated carbocycles. The molecule has 1 aliphatic heterocycles. The van der Waals surface area contributed by atoms with Crippen molar-refractivity contribution in [3.63, 3.8) is 0 Å². The Balaban J connectivity index is 1.83. The minimum atomic E-state index is -0.978. The first-order valence-corrected chi connectivity index (χ1v) is 9.56. The zero-order valence-electron chi connectivity index (χ0n) is 16.7. The molecule has 1 amide bonds. The third-order valence-electron chi connectivity index (χ3n) is 5.14. The summed E-state index contributed by atoms with van der Waals surface area (Å²) >= 11 is 0. The van der Waals surface area contributed by atoms with E-state index in [1.54, 1.807) is 19.1 Å². The van der Waals surface area contributed by atoms with Gasteiger partial charge in [0.15, 0.2) is 0 Å². The van der Waals surface area contributed by atoms with Crippen LogP contribution < -0.4 is 14.4 Å². The Labute approximate surface area is 170 Å². The summed E-state index contributed by atoms with van der Waals surface area (Å²) < 4.78 is 10.8. The SMILES string of the molecule is COc1ccc(OC)c(C2CCCN2C(=O)CN(CC(=O)O)c2ccccc2)c1. The van der Waals surface area contributed by atoms with Crippen LogP contribution in [0.4, 0.5) is 5.69 Å². The fourth-order valence-electron chi connectivity index (χ4n) is 3.78. The summed E-state index contributed by atoms with van der Waals surface area (Å²) in [4.78, 5) is 27.9. The highest BCUT2D eigenvalue weighted by atomic mass is 16.5. The van der Waals surface area contributed by atoms with E-state index in [1.165, 1.54) is 0 Å². The van der Waals surface area contributed by atoms with Crippen LogP contribution >= 0.6 is 0 Å². The highest BCUT2D eigenvalue weighted by Crippen LogP contribution is 2.39. The van der Waals surface area contributed by atoms with Gasteiger partial charge in [-0.2, -0.15) is 0 Å². The van der Waals surface area contributed by atoms with Gasteiger partial charge in [0.25, 0.3) is 0 Å². The topological polar surface area (TPSA) is 79.3 Å². The van der Waals surface area contributed by atoms with Gasteiger partial charge in [-0.25, -0.2) is 0 Å². The second-order valence-electron chi connectivity index (χ2n) is 6.94. The number of hydrogen-bond acceptors (Lipinski definition) is 5. The summed E-state index contributed by atoms with van der Waals surface area (Å²) in [5.74, 6) is 0.328. The molecule has 0 radical (unpaired) electrons. The normalized spacial score (nSPS) is 15.8. The third-order valence-corrected chi connectivity index (χ3v) is 5.14. The predicted molar refractivity (Wildman–Crippen MR) is 110 cm³/mol. The second-order valence-corrected chi connectivity index (χ2v) is 6.94. The third kappa shape index (κ3) is 4.80. The number of carbonyl (C=O) groups excluding carboxylic acids is 1. The molecule has 1 atom stereocenters. The fourth-order valence-corrected chi connectivity index (χ4v) is 3.78. The van der Waals surface area contributed by atoms with Crippen LogP contribution in [-0.2, 0) is 9.59 Å². The molecule has 7 nitrogen and oxygen atoms in total. The van der Waals surface area contributed by atoms with E-state index in [4.69, 9.17) is 9.47 Å². The van der Waals surface area contributed by atoms with Crippen LogP contribution in [0.25, 0.3) is 0 Å². The molecule has 1 saturated heterocycles. The molecule has 0 aliphatic carbocycles. The number of likely N-dealkylation sites (tertiary alicyclic amines) is 1. The number of ether oxygens (including phenoxy) is 2. The van der Waals surface area contributed by atoms with Crippen LogP contribution in [-0.4, -0.2) is 55.7 Å². The Morgan fingerprint density at radius 3 is 2.52 bits per heavy atom. The standard InChI is InChI=1S/C22H26N2O5/c1-28-17-10-11-20(29-2)18(13-17)19-9-6-12-24(19)21(25)14-23(15-22(26)27)16-7-4-3-5-8-16/h3-5,7-8,10-11,13,19H,6,9,12,14-15H2,1-2H3,(H,26,27). The predicted octanol–water partition coefficient (Wildman–Crippen LogP) is 2.96. The number of benzene rings is 2. The highest BCUT2D eigenvalue weighted by molar-refractivity contribution is 5.84. The van der Waals surface area contributed by atoms with Gasteiger partial charge in [-0.15, -0.1) is 0 Å². The maximum absolute atomic E-state index is 13.2. The zero-order valence-corrected chi connectivity index (χ0v) is 16.7. The monoisotopic (exact) mass is 398 g/mol. The molecule has 0 aromatic heterocycles. The van der Waals surface area contributed by atoms with E-state index in [1.807, 2.05) is 53.4 Å². The maximum atomic E-state index is 13.2. The molecule has 2 aromatic carbocycles. The van der Waals surface area contributed by atoms with E-state index in [0.29, 0.717) is 23.7 Å². The molecule has 0 spiro atoms. The first-order chi connectivity index (χ1) is 14.0. The molecule has 1 unspecified atom stereocenters. The average Bonchev–Trinajstić information content (AvgIpc) is 3.23. The van der Waals surface area contributed by atoms with Gasteiger partial charge in [0.2, 0.25) is 5.91 Å². The summed E-state index contributed by atoms with van der Waals surface area (Å²) in [6.07, 6.45) is 1.70. The molecule has 7 heteroatoms. The molecule has 29 heavy (non-hydrogen) atoms. The molecule has 1 fully saturated rings. The molecule has 1 heterocycles. The minimum Gasteiger partial charge on any atom is -0.497 e. The number of anilines is 1. The highest BCUT2D eigenvalue weighted by Gasteiger charge is 2.33. The van der Waals surface area contributed by atoms with Crippen LogP contribution in [0.15, 0.2) is 48.5 Å². The number of carboxylic acid groups (broad SMARTS) is 1. The van der Waals surface area contributed by atoms with Crippen molar-refractivity contribution in [2.45, 2.75) is 18.9 Å². The second kappa shape index (κ2) is 9.32. The number of nitrogens with zero attached hydrogens (tertiary/aromatic N) is 2. The average molecular weight is 398 g/mol. The number of carboxylic acids is 1. The van der Waals surface area contributed by atoms with Crippen LogP contribution in [0, 0.1) is 0 Å². The van der Waals surface area contributed by atoms with Gasteiger partial charge in [-0.1, -0.05) is 18.2 Å². The smallest absolute Gasteiger partial charge is 0.323 e. The van der Waals surface area contributed by atoms with Crippen molar-refractivity contribution in [1.82, 2.24) is 4.90 Å². The lowest BCUT2D eigenvalue weighted by Gasteiger charge is -2.30. The zero-order chi connectivity index (χ0) is 20.8. The number of rotatable bonds is 8. The van der Waals surface area contributed by atoms with E-state index in [9.17, 15) is 14.7 Å². The van der Waals surface area contributed by atoms with E-state index in [2.05, 4.69) is 0 Å². The van der Waals surface area contributed by atoms with Gasteiger partial charge >= 0.3 is 5.97 Å². The van der Waals surface area contributed by atoms with Crippen molar-refractivity contribution in [3.8, 4) is 11.5 Å². The van der Waals surface area contributed by atoms with Crippen molar-refractivity contribution < 1.29 is 24.2 Å². The first-order valence-electron chi connectivity index (χ1n) is 9.56. The molecule has 1 N–H and O–H groups in total. The molecular formula is C22H26N2O5. The van der Waals surface area contributed by atoms with E-state index < -0.39 is 5.97 Å². The number of methoxy groups -OCH3 is 2. The van der Waals surface area contributed by atoms with Crippen LogP contribution in [0.5, 0.6) is 11.5 Å². The summed E-state index contributed by atoms with van der Waals surface area (Å²) in [5, 5.41) is 9.28. The Morgan fingerprint density at radius 1 is 1.10 bits per heavy atom. The van der Waals surface area contributed by atoms with Crippen molar-refractivity contribution in [1.29, 1.82) is 0 Å². The van der Waals surface area contributed by atoms with Crippen molar-refractivity contribution in [3.05, 3.63) is 54.1 Å². The van der Waals surface area contributed by atoms with Gasteiger partial charge in [-0.3, -0.25) is 9.59 Å². The van der Waals surface area contributed by atoms with Gasteiger partial charge in [-0.05, 0) is 43.2 Å². The Morgan fingerprint density at radius 2 is 1.86 bits per heavy atom. The van der Waals surface area contributed by atoms with Gasteiger partial charge in [0.1, 0.15) is 18.0 Å².